The van der Waals surface area contributed by atoms with Gasteiger partial charge in [0.2, 0.25) is 0 Å². The molecule has 3 heteroatoms. The van der Waals surface area contributed by atoms with Crippen LogP contribution in [0.3, 0.4) is 0 Å². The summed E-state index contributed by atoms with van der Waals surface area (Å²) in [5, 5.41) is 5.29. The minimum atomic E-state index is -0.423. The number of nitrogens with zero attached hydrogens (tertiary/aromatic N) is 1. The lowest BCUT2D eigenvalue weighted by Crippen LogP contribution is -2.18. The van der Waals surface area contributed by atoms with Crippen LogP contribution in [0.1, 0.15) is 107 Å². The lowest BCUT2D eigenvalue weighted by atomic mass is 9.79. The number of anilines is 3. The summed E-state index contributed by atoms with van der Waals surface area (Å²) in [6.45, 7) is 18.7. The predicted molar refractivity (Wildman–Crippen MR) is 297 cm³/mol. The molecule has 0 unspecified atom stereocenters. The van der Waals surface area contributed by atoms with E-state index in [1.54, 1.807) is 0 Å². The third-order valence-electron chi connectivity index (χ3n) is 17.1. The van der Waals surface area contributed by atoms with Crippen LogP contribution < -0.4 is 4.90 Å². The summed E-state index contributed by atoms with van der Waals surface area (Å²) < 4.78 is 50.6. The van der Waals surface area contributed by atoms with Crippen molar-refractivity contribution in [2.45, 2.75) is 77.0 Å². The maximum Gasteiger partial charge on any atom is 0.0645 e. The molecule has 9 aromatic carbocycles. The Morgan fingerprint density at radius 2 is 0.739 bits per heavy atom. The van der Waals surface area contributed by atoms with Crippen LogP contribution in [0.25, 0.3) is 84.9 Å². The first kappa shape index (κ1) is 35.4. The summed E-state index contributed by atoms with van der Waals surface area (Å²) >= 11 is 3.73. The number of rotatable bonds is 3. The van der Waals surface area contributed by atoms with Gasteiger partial charge in [-0.05, 0) is 174 Å². The second-order valence-corrected chi connectivity index (χ2v) is 24.2. The Hall–Kier alpha value is -6.78. The van der Waals surface area contributed by atoms with Gasteiger partial charge in [-0.2, -0.15) is 0 Å². The molecule has 0 aliphatic heterocycles. The van der Waals surface area contributed by atoms with Gasteiger partial charge in [0.15, 0.2) is 0 Å². The van der Waals surface area contributed by atoms with Crippen LogP contribution >= 0.6 is 22.7 Å². The van der Waals surface area contributed by atoms with E-state index in [2.05, 4.69) is 189 Å². The van der Waals surface area contributed by atoms with Gasteiger partial charge in [-0.25, -0.2) is 0 Å². The fourth-order valence-electron chi connectivity index (χ4n) is 13.6. The van der Waals surface area contributed by atoms with E-state index >= 15 is 0 Å². The minimum absolute atomic E-state index is 0.131. The highest BCUT2D eigenvalue weighted by atomic mass is 32.1. The van der Waals surface area contributed by atoms with Gasteiger partial charge in [0.1, 0.15) is 0 Å². The number of hydrogen-bond acceptors (Lipinski definition) is 3. The van der Waals surface area contributed by atoms with Gasteiger partial charge in [0, 0.05) is 79.1 Å². The number of thiophene rings is 2. The highest BCUT2D eigenvalue weighted by molar-refractivity contribution is 7.26. The van der Waals surface area contributed by atoms with Gasteiger partial charge in [0.25, 0.3) is 0 Å². The summed E-state index contributed by atoms with van der Waals surface area (Å²) in [7, 11) is 0. The first-order valence-electron chi connectivity index (χ1n) is 26.7. The molecule has 0 saturated heterocycles. The molecule has 0 bridgehead atoms. The van der Waals surface area contributed by atoms with Gasteiger partial charge in [-0.15, -0.1) is 22.7 Å². The fourth-order valence-corrected chi connectivity index (χ4v) is 15.8. The smallest absolute Gasteiger partial charge is 0.0645 e. The molecule has 0 fully saturated rings. The van der Waals surface area contributed by atoms with E-state index in [9.17, 15) is 2.74 Å². The highest BCUT2D eigenvalue weighted by Gasteiger charge is 2.45. The minimum Gasteiger partial charge on any atom is -0.310 e. The van der Waals surface area contributed by atoms with E-state index in [4.69, 9.17) is 4.11 Å². The Morgan fingerprint density at radius 1 is 0.348 bits per heavy atom. The number of hydrogen-bond donors (Lipinski definition) is 0. The molecule has 4 aliphatic carbocycles. The predicted octanol–water partition coefficient (Wildman–Crippen LogP) is 19.1. The quantitative estimate of drug-likeness (QED) is 0.171. The van der Waals surface area contributed by atoms with Crippen LogP contribution in [0.2, 0.25) is 0 Å². The number of fused-ring (bicyclic) bond motifs is 20. The molecule has 0 atom stereocenters. The number of para-hydroxylation sites is 1. The third kappa shape index (κ3) is 5.00. The van der Waals surface area contributed by atoms with Crippen molar-refractivity contribution in [2.24, 2.45) is 0 Å². The van der Waals surface area contributed by atoms with Crippen LogP contribution in [0, 0.1) is 0 Å². The molecule has 15 rings (SSSR count). The van der Waals surface area contributed by atoms with E-state index in [0.29, 0.717) is 0 Å². The molecule has 0 amide bonds. The van der Waals surface area contributed by atoms with Crippen molar-refractivity contribution in [2.75, 3.05) is 4.90 Å². The SMILES string of the molecule is [2H]c1c([2H])c([2H])c(N(c2ccc3c(c2)C(C)(C)c2cc4c(cc2-3)C(C)(C)c2ccc3sc5ccccc5c3c2-4)c2ccc3c(c2)C(C)(C)c2cc4c(cc2-3)C(C)(C)c2ccc3sc5ccccc5c3c2-4)c([2H])c1[2H]. The molecular weight excluding hydrogens is 871 g/mol. The number of benzene rings is 9. The summed E-state index contributed by atoms with van der Waals surface area (Å²) in [6, 6.07) is 48.2. The van der Waals surface area contributed by atoms with Crippen LogP contribution in [0.5, 0.6) is 0 Å². The molecule has 332 valence electrons. The van der Waals surface area contributed by atoms with Gasteiger partial charge in [0.05, 0.1) is 6.85 Å². The monoisotopic (exact) mass is 926 g/mol. The largest absolute Gasteiger partial charge is 0.310 e. The van der Waals surface area contributed by atoms with Crippen molar-refractivity contribution in [1.29, 1.82) is 0 Å². The van der Waals surface area contributed by atoms with E-state index in [1.165, 1.54) is 107 Å². The molecule has 2 heterocycles. The maximum atomic E-state index is 9.46. The van der Waals surface area contributed by atoms with E-state index in [-0.39, 0.29) is 40.7 Å². The van der Waals surface area contributed by atoms with E-state index in [1.807, 2.05) is 27.6 Å². The normalized spacial score (nSPS) is 17.6. The topological polar surface area (TPSA) is 3.24 Å². The average Bonchev–Trinajstić information content (AvgIpc) is 4.17. The molecule has 0 N–H and O–H groups in total. The zero-order valence-corrected chi connectivity index (χ0v) is 41.6. The Balaban J connectivity index is 0.896. The zero-order chi connectivity index (χ0) is 51.0. The van der Waals surface area contributed by atoms with E-state index < -0.39 is 16.9 Å². The van der Waals surface area contributed by atoms with Gasteiger partial charge in [-0.3, -0.25) is 0 Å². The van der Waals surface area contributed by atoms with Crippen LogP contribution in [0.4, 0.5) is 17.1 Å². The average molecular weight is 927 g/mol. The maximum absolute atomic E-state index is 9.46. The van der Waals surface area contributed by atoms with E-state index in [0.717, 1.165) is 33.6 Å². The molecule has 11 aromatic rings. The second-order valence-electron chi connectivity index (χ2n) is 22.1. The Morgan fingerprint density at radius 3 is 1.20 bits per heavy atom. The second kappa shape index (κ2) is 13.1. The Bertz CT molecular complexity index is 4170. The zero-order valence-electron chi connectivity index (χ0n) is 45.0. The van der Waals surface area contributed by atoms with Crippen LogP contribution in [0.15, 0.2) is 164 Å². The standard InChI is InChI=1S/C66H51NS2/c1-63(2)47-26-28-57-61(41-18-12-14-20-55(41)68-57)59(47)45-34-51-43(32-53(45)63)39-24-22-37(30-49(39)65(51,5)6)67(36-16-10-9-11-17-36)38-23-25-40-44-33-54-46(35-52(44)66(7,8)50(40)31-38)60-48(64(54,3)4)27-29-58-62(60)42-19-13-15-21-56(42)69-58/h9-35H,1-8H3/i9D,10D,11D,16D,17D. The molecule has 69 heavy (non-hydrogen) atoms. The third-order valence-corrected chi connectivity index (χ3v) is 19.4. The molecule has 2 aromatic heterocycles. The van der Waals surface area contributed by atoms with Crippen molar-refractivity contribution in [1.82, 2.24) is 0 Å². The summed E-state index contributed by atoms with van der Waals surface area (Å²) in [5.41, 5.74) is 20.6. The molecule has 1 nitrogen and oxygen atoms in total. The van der Waals surface area contributed by atoms with Crippen molar-refractivity contribution in [3.8, 4) is 44.5 Å². The van der Waals surface area contributed by atoms with Crippen molar-refractivity contribution < 1.29 is 6.85 Å². The molecule has 0 spiro atoms. The van der Waals surface area contributed by atoms with Crippen LogP contribution in [-0.2, 0) is 21.7 Å². The summed E-state index contributed by atoms with van der Waals surface area (Å²) in [6.07, 6.45) is 0. The summed E-state index contributed by atoms with van der Waals surface area (Å²) in [5.74, 6) is 0. The first-order valence-corrected chi connectivity index (χ1v) is 25.9. The van der Waals surface area contributed by atoms with Gasteiger partial charge >= 0.3 is 0 Å². The molecule has 0 radical (unpaired) electrons. The molecule has 0 saturated carbocycles. The lowest BCUT2D eigenvalue weighted by Gasteiger charge is -2.29. The molecule has 4 aliphatic rings. The fraction of sp³-hybridized carbons (Fsp3) is 0.182. The Labute approximate surface area is 419 Å². The molecular formula is C66H51NS2. The Kier molecular flexibility index (Phi) is 6.71. The van der Waals surface area contributed by atoms with Crippen molar-refractivity contribution in [3.05, 3.63) is 208 Å². The first-order chi connectivity index (χ1) is 35.3. The van der Waals surface area contributed by atoms with Crippen molar-refractivity contribution >= 4 is 80.1 Å². The van der Waals surface area contributed by atoms with Crippen molar-refractivity contribution in [3.63, 3.8) is 0 Å². The van der Waals surface area contributed by atoms with Gasteiger partial charge in [-0.1, -0.05) is 134 Å². The highest BCUT2D eigenvalue weighted by Crippen LogP contribution is 2.61. The summed E-state index contributed by atoms with van der Waals surface area (Å²) in [4.78, 5) is 1.92. The van der Waals surface area contributed by atoms with Gasteiger partial charge < -0.3 is 4.90 Å². The van der Waals surface area contributed by atoms with Crippen LogP contribution in [-0.4, -0.2) is 0 Å². The lowest BCUT2D eigenvalue weighted by molar-refractivity contribution is 0.652.